The predicted octanol–water partition coefficient (Wildman–Crippen LogP) is 3.46. The quantitative estimate of drug-likeness (QED) is 0.939. The summed E-state index contributed by atoms with van der Waals surface area (Å²) in [5.74, 6) is 4.39. The summed E-state index contributed by atoms with van der Waals surface area (Å²) in [4.78, 5) is 11.6. The van der Waals surface area contributed by atoms with Gasteiger partial charge in [-0.3, -0.25) is 0 Å². The minimum absolute atomic E-state index is 0.860. The van der Waals surface area contributed by atoms with Crippen LogP contribution in [0.25, 0.3) is 10.2 Å². The fraction of sp³-hybridized carbons (Fsp3) is 0.600. The summed E-state index contributed by atoms with van der Waals surface area (Å²) in [7, 11) is 0. The van der Waals surface area contributed by atoms with Crippen molar-refractivity contribution in [1.29, 1.82) is 0 Å². The Morgan fingerprint density at radius 1 is 1.25 bits per heavy atom. The maximum absolute atomic E-state index is 4.58. The molecule has 0 radical (unpaired) electrons. The standard InChI is InChI=1S/C15H21N3S2/c1-9-13(7-16-6-12-4-5-19-8-12)20-15-14(9)10(2)17-11(3)18-15/h12,16H,4-8H2,1-3H3. The van der Waals surface area contributed by atoms with Crippen LogP contribution in [0.15, 0.2) is 0 Å². The number of nitrogens with one attached hydrogen (secondary N) is 1. The third kappa shape index (κ3) is 2.85. The number of aromatic nitrogens is 2. The summed E-state index contributed by atoms with van der Waals surface area (Å²) in [5, 5.41) is 4.89. The maximum Gasteiger partial charge on any atom is 0.127 e. The Morgan fingerprint density at radius 3 is 2.85 bits per heavy atom. The summed E-state index contributed by atoms with van der Waals surface area (Å²) in [6.07, 6.45) is 1.37. The highest BCUT2D eigenvalue weighted by molar-refractivity contribution is 7.99. The van der Waals surface area contributed by atoms with Crippen LogP contribution in [0.2, 0.25) is 0 Å². The molecule has 2 aromatic heterocycles. The van der Waals surface area contributed by atoms with Crippen LogP contribution in [-0.2, 0) is 6.54 Å². The molecule has 108 valence electrons. The van der Waals surface area contributed by atoms with Crippen molar-refractivity contribution in [3.05, 3.63) is 22.0 Å². The molecule has 1 N–H and O–H groups in total. The van der Waals surface area contributed by atoms with Gasteiger partial charge in [0.15, 0.2) is 0 Å². The molecule has 1 aliphatic rings. The Kier molecular flexibility index (Phi) is 4.29. The first kappa shape index (κ1) is 14.3. The highest BCUT2D eigenvalue weighted by Gasteiger charge is 2.16. The molecule has 0 spiro atoms. The minimum Gasteiger partial charge on any atom is -0.312 e. The lowest BCUT2D eigenvalue weighted by molar-refractivity contribution is 0.525. The lowest BCUT2D eigenvalue weighted by atomic mass is 10.1. The Balaban J connectivity index is 1.74. The molecular formula is C15H21N3S2. The second kappa shape index (κ2) is 6.00. The number of hydrogen-bond acceptors (Lipinski definition) is 5. The van der Waals surface area contributed by atoms with E-state index in [0.29, 0.717) is 0 Å². The number of rotatable bonds is 4. The SMILES string of the molecule is Cc1nc(C)c2c(C)c(CNCC3CCSC3)sc2n1. The van der Waals surface area contributed by atoms with Crippen LogP contribution in [0.4, 0.5) is 0 Å². The zero-order chi connectivity index (χ0) is 14.1. The summed E-state index contributed by atoms with van der Waals surface area (Å²) in [6.45, 7) is 8.37. The topological polar surface area (TPSA) is 37.8 Å². The summed E-state index contributed by atoms with van der Waals surface area (Å²) < 4.78 is 0. The van der Waals surface area contributed by atoms with Gasteiger partial charge >= 0.3 is 0 Å². The number of nitrogens with zero attached hydrogens (tertiary/aromatic N) is 2. The molecule has 1 unspecified atom stereocenters. The number of hydrogen-bond donors (Lipinski definition) is 1. The monoisotopic (exact) mass is 307 g/mol. The van der Waals surface area contributed by atoms with E-state index < -0.39 is 0 Å². The van der Waals surface area contributed by atoms with Crippen molar-refractivity contribution in [3.63, 3.8) is 0 Å². The fourth-order valence-corrected chi connectivity index (χ4v) is 5.35. The molecule has 1 atom stereocenters. The molecule has 5 heteroatoms. The van der Waals surface area contributed by atoms with E-state index in [-0.39, 0.29) is 0 Å². The summed E-state index contributed by atoms with van der Waals surface area (Å²) >= 11 is 3.90. The number of aryl methyl sites for hydroxylation is 3. The Labute approximate surface area is 128 Å². The largest absolute Gasteiger partial charge is 0.312 e. The molecule has 1 aliphatic heterocycles. The average Bonchev–Trinajstić information content (AvgIpc) is 2.98. The van der Waals surface area contributed by atoms with E-state index >= 15 is 0 Å². The highest BCUT2D eigenvalue weighted by Crippen LogP contribution is 2.31. The van der Waals surface area contributed by atoms with E-state index in [1.54, 1.807) is 0 Å². The van der Waals surface area contributed by atoms with Crippen LogP contribution < -0.4 is 5.32 Å². The highest BCUT2D eigenvalue weighted by atomic mass is 32.2. The van der Waals surface area contributed by atoms with Gasteiger partial charge in [-0.1, -0.05) is 0 Å². The second-order valence-electron chi connectivity index (χ2n) is 5.55. The molecule has 3 rings (SSSR count). The van der Waals surface area contributed by atoms with Crippen LogP contribution in [0, 0.1) is 26.7 Å². The smallest absolute Gasteiger partial charge is 0.127 e. The van der Waals surface area contributed by atoms with E-state index in [2.05, 4.69) is 40.9 Å². The molecule has 1 saturated heterocycles. The van der Waals surface area contributed by atoms with Crippen LogP contribution in [0.3, 0.4) is 0 Å². The molecule has 0 aromatic carbocycles. The van der Waals surface area contributed by atoms with Crippen LogP contribution in [-0.4, -0.2) is 28.0 Å². The van der Waals surface area contributed by atoms with Gasteiger partial charge in [0.1, 0.15) is 10.7 Å². The first-order valence-corrected chi connectivity index (χ1v) is 9.14. The molecule has 0 saturated carbocycles. The Hall–Kier alpha value is -0.650. The van der Waals surface area contributed by atoms with E-state index in [4.69, 9.17) is 0 Å². The number of thioether (sulfide) groups is 1. The average molecular weight is 307 g/mol. The fourth-order valence-electron chi connectivity index (χ4n) is 2.82. The van der Waals surface area contributed by atoms with E-state index in [1.165, 1.54) is 33.8 Å². The van der Waals surface area contributed by atoms with Gasteiger partial charge in [0.05, 0.1) is 0 Å². The molecule has 3 nitrogen and oxygen atoms in total. The van der Waals surface area contributed by atoms with Gasteiger partial charge in [0.25, 0.3) is 0 Å². The van der Waals surface area contributed by atoms with E-state index in [1.807, 2.05) is 18.3 Å². The molecule has 2 aromatic rings. The van der Waals surface area contributed by atoms with E-state index in [0.717, 1.165) is 35.4 Å². The normalized spacial score (nSPS) is 19.1. The molecular weight excluding hydrogens is 286 g/mol. The zero-order valence-corrected chi connectivity index (χ0v) is 14.0. The van der Waals surface area contributed by atoms with Gasteiger partial charge in [0.2, 0.25) is 0 Å². The Morgan fingerprint density at radius 2 is 2.10 bits per heavy atom. The van der Waals surface area contributed by atoms with E-state index in [9.17, 15) is 0 Å². The van der Waals surface area contributed by atoms with Crippen LogP contribution in [0.1, 0.15) is 28.4 Å². The molecule has 0 aliphatic carbocycles. The van der Waals surface area contributed by atoms with Gasteiger partial charge in [-0.2, -0.15) is 11.8 Å². The number of fused-ring (bicyclic) bond motifs is 1. The molecule has 3 heterocycles. The predicted molar refractivity (Wildman–Crippen MR) is 88.8 cm³/mol. The molecule has 20 heavy (non-hydrogen) atoms. The van der Waals surface area contributed by atoms with Gasteiger partial charge in [-0.25, -0.2) is 9.97 Å². The second-order valence-corrected chi connectivity index (χ2v) is 7.78. The molecule has 0 amide bonds. The minimum atomic E-state index is 0.860. The van der Waals surface area contributed by atoms with Crippen molar-refractivity contribution >= 4 is 33.3 Å². The van der Waals surface area contributed by atoms with Gasteiger partial charge in [-0.05, 0) is 56.7 Å². The van der Waals surface area contributed by atoms with Crippen LogP contribution >= 0.6 is 23.1 Å². The first-order valence-electron chi connectivity index (χ1n) is 7.17. The maximum atomic E-state index is 4.58. The Bertz CT molecular complexity index is 615. The first-order chi connectivity index (χ1) is 9.65. The van der Waals surface area contributed by atoms with Crippen molar-refractivity contribution < 1.29 is 0 Å². The van der Waals surface area contributed by atoms with Crippen molar-refractivity contribution in [2.24, 2.45) is 5.92 Å². The lowest BCUT2D eigenvalue weighted by Crippen LogP contribution is -2.22. The number of thiophene rings is 1. The zero-order valence-electron chi connectivity index (χ0n) is 12.3. The van der Waals surface area contributed by atoms with Gasteiger partial charge in [-0.15, -0.1) is 11.3 Å². The summed E-state index contributed by atoms with van der Waals surface area (Å²) in [6, 6.07) is 0. The molecule has 0 bridgehead atoms. The summed E-state index contributed by atoms with van der Waals surface area (Å²) in [5.41, 5.74) is 2.47. The van der Waals surface area contributed by atoms with Crippen LogP contribution in [0.5, 0.6) is 0 Å². The lowest BCUT2D eigenvalue weighted by Gasteiger charge is -2.09. The third-order valence-electron chi connectivity index (χ3n) is 3.92. The van der Waals surface area contributed by atoms with Crippen molar-refractivity contribution in [1.82, 2.24) is 15.3 Å². The van der Waals surface area contributed by atoms with Crippen molar-refractivity contribution in [3.8, 4) is 0 Å². The van der Waals surface area contributed by atoms with Crippen molar-refractivity contribution in [2.75, 3.05) is 18.1 Å². The third-order valence-corrected chi connectivity index (χ3v) is 6.34. The van der Waals surface area contributed by atoms with Gasteiger partial charge < -0.3 is 5.32 Å². The van der Waals surface area contributed by atoms with Gasteiger partial charge in [0, 0.05) is 22.5 Å². The molecule has 1 fully saturated rings. The van der Waals surface area contributed by atoms with Crippen molar-refractivity contribution in [2.45, 2.75) is 33.7 Å².